The van der Waals surface area contributed by atoms with Gasteiger partial charge in [0.1, 0.15) is 0 Å². The number of alkyl halides is 3. The number of hydrogen-bond donors (Lipinski definition) is 1. The molecule has 0 heterocycles. The Hall–Kier alpha value is -0.880. The molecule has 0 aromatic heterocycles. The van der Waals surface area contributed by atoms with Crippen LogP contribution in [0.3, 0.4) is 0 Å². The molecule has 3 atom stereocenters. The molecule has 0 saturated carbocycles. The van der Waals surface area contributed by atoms with Gasteiger partial charge in [-0.05, 0) is 30.4 Å². The third-order valence-electron chi connectivity index (χ3n) is 3.34. The fourth-order valence-electron chi connectivity index (χ4n) is 2.02. The van der Waals surface area contributed by atoms with Crippen LogP contribution in [0.1, 0.15) is 50.2 Å². The summed E-state index contributed by atoms with van der Waals surface area (Å²) >= 11 is 0. The van der Waals surface area contributed by atoms with Crippen molar-refractivity contribution in [3.63, 3.8) is 0 Å². The van der Waals surface area contributed by atoms with Crippen molar-refractivity contribution >= 4 is 11.0 Å². The second kappa shape index (κ2) is 6.72. The number of nitrogens with two attached hydrogens (primary N) is 1. The summed E-state index contributed by atoms with van der Waals surface area (Å²) in [4.78, 5) is 0. The maximum absolute atomic E-state index is 13.2. The Morgan fingerprint density at radius 3 is 2.20 bits per heavy atom. The van der Waals surface area contributed by atoms with Gasteiger partial charge in [-0.25, -0.2) is 4.21 Å². The maximum atomic E-state index is 13.2. The molecule has 2 unspecified atom stereocenters. The van der Waals surface area contributed by atoms with Gasteiger partial charge in [0.15, 0.2) is 0 Å². The summed E-state index contributed by atoms with van der Waals surface area (Å²) in [6, 6.07) is 6.49. The van der Waals surface area contributed by atoms with Crippen LogP contribution in [0.15, 0.2) is 24.3 Å². The Morgan fingerprint density at radius 2 is 1.75 bits per heavy atom. The molecule has 1 rings (SSSR count). The minimum atomic E-state index is -4.37. The molecule has 0 amide bonds. The Labute approximate surface area is 120 Å². The monoisotopic (exact) mass is 307 g/mol. The molecule has 20 heavy (non-hydrogen) atoms. The van der Waals surface area contributed by atoms with Crippen LogP contribution in [0, 0.1) is 0 Å². The quantitative estimate of drug-likeness (QED) is 0.882. The van der Waals surface area contributed by atoms with E-state index in [9.17, 15) is 17.4 Å². The number of hydrogen-bond acceptors (Lipinski definition) is 1. The lowest BCUT2D eigenvalue weighted by Gasteiger charge is -2.23. The maximum Gasteiger partial charge on any atom is 0.395 e. The molecular formula is C14H20F3NOS. The highest BCUT2D eigenvalue weighted by Gasteiger charge is 2.41. The highest BCUT2D eigenvalue weighted by Crippen LogP contribution is 2.39. The van der Waals surface area contributed by atoms with Crippen molar-refractivity contribution in [1.29, 1.82) is 0 Å². The molecular weight excluding hydrogens is 287 g/mol. The van der Waals surface area contributed by atoms with Crippen LogP contribution < -0.4 is 5.14 Å². The van der Waals surface area contributed by atoms with Crippen molar-refractivity contribution in [1.82, 2.24) is 0 Å². The smallest absolute Gasteiger partial charge is 0.252 e. The molecule has 2 N–H and O–H groups in total. The van der Waals surface area contributed by atoms with E-state index in [0.717, 1.165) is 5.56 Å². The molecule has 0 fully saturated rings. The van der Waals surface area contributed by atoms with Crippen molar-refractivity contribution in [2.45, 2.75) is 50.5 Å². The first-order chi connectivity index (χ1) is 9.12. The van der Waals surface area contributed by atoms with Crippen LogP contribution in [0.5, 0.6) is 0 Å². The van der Waals surface area contributed by atoms with Gasteiger partial charge >= 0.3 is 6.18 Å². The summed E-state index contributed by atoms with van der Waals surface area (Å²) in [7, 11) is -1.75. The Kier molecular flexibility index (Phi) is 5.77. The van der Waals surface area contributed by atoms with E-state index in [2.05, 4.69) is 0 Å². The average molecular weight is 307 g/mol. The minimum absolute atomic E-state index is 0.157. The highest BCUT2D eigenvalue weighted by molar-refractivity contribution is 7.83. The summed E-state index contributed by atoms with van der Waals surface area (Å²) in [6.07, 6.45) is -4.64. The summed E-state index contributed by atoms with van der Waals surface area (Å²) < 4.78 is 50.8. The van der Waals surface area contributed by atoms with Crippen LogP contribution in [0.25, 0.3) is 0 Å². The van der Waals surface area contributed by atoms with E-state index in [4.69, 9.17) is 5.14 Å². The van der Waals surface area contributed by atoms with Crippen molar-refractivity contribution in [2.24, 2.45) is 5.14 Å². The summed E-state index contributed by atoms with van der Waals surface area (Å²) in [5.41, 5.74) is 1.07. The van der Waals surface area contributed by atoms with Gasteiger partial charge in [-0.2, -0.15) is 13.2 Å². The Balaban J connectivity index is 3.11. The molecule has 0 aliphatic rings. The predicted octanol–water partition coefficient (Wildman–Crippen LogP) is 3.86. The zero-order valence-corrected chi connectivity index (χ0v) is 12.6. The zero-order chi connectivity index (χ0) is 15.5. The molecule has 2 nitrogen and oxygen atoms in total. The van der Waals surface area contributed by atoms with Crippen LogP contribution in [0.2, 0.25) is 0 Å². The largest absolute Gasteiger partial charge is 0.395 e. The number of benzene rings is 1. The first-order valence-corrected chi connectivity index (χ1v) is 7.72. The zero-order valence-electron chi connectivity index (χ0n) is 11.8. The second-order valence-corrected chi connectivity index (χ2v) is 6.76. The molecule has 0 saturated heterocycles. The van der Waals surface area contributed by atoms with E-state index in [-0.39, 0.29) is 17.9 Å². The van der Waals surface area contributed by atoms with Gasteiger partial charge < -0.3 is 0 Å². The topological polar surface area (TPSA) is 43.1 Å². The van der Waals surface area contributed by atoms with E-state index >= 15 is 0 Å². The highest BCUT2D eigenvalue weighted by atomic mass is 32.2. The second-order valence-electron chi connectivity index (χ2n) is 5.29. The van der Waals surface area contributed by atoms with Crippen molar-refractivity contribution in [3.8, 4) is 0 Å². The first kappa shape index (κ1) is 17.2. The summed E-state index contributed by atoms with van der Waals surface area (Å²) in [6.45, 7) is 5.33. The minimum Gasteiger partial charge on any atom is -0.252 e. The lowest BCUT2D eigenvalue weighted by molar-refractivity contribution is -0.151. The van der Waals surface area contributed by atoms with Crippen LogP contribution in [0.4, 0.5) is 13.2 Å². The third-order valence-corrected chi connectivity index (χ3v) is 4.32. The van der Waals surface area contributed by atoms with Gasteiger partial charge in [-0.15, -0.1) is 0 Å². The molecule has 6 heteroatoms. The summed E-state index contributed by atoms with van der Waals surface area (Å²) in [5, 5.41) is 4.48. The lowest BCUT2D eigenvalue weighted by Crippen LogP contribution is -2.28. The van der Waals surface area contributed by atoms with Crippen molar-refractivity contribution < 1.29 is 17.4 Å². The van der Waals surface area contributed by atoms with Crippen LogP contribution in [-0.4, -0.2) is 15.6 Å². The summed E-state index contributed by atoms with van der Waals surface area (Å²) in [5.74, 6) is -1.48. The first-order valence-electron chi connectivity index (χ1n) is 6.44. The molecule has 0 bridgehead atoms. The molecule has 1 aromatic carbocycles. The molecule has 0 spiro atoms. The fourth-order valence-corrected chi connectivity index (χ4v) is 2.40. The molecule has 0 radical (unpaired) electrons. The fraction of sp³-hybridized carbons (Fsp3) is 0.571. The molecule has 0 aliphatic heterocycles. The van der Waals surface area contributed by atoms with E-state index in [1.165, 1.54) is 13.0 Å². The Morgan fingerprint density at radius 1 is 1.20 bits per heavy atom. The Bertz CT molecular complexity index is 474. The molecule has 0 aliphatic carbocycles. The lowest BCUT2D eigenvalue weighted by atomic mass is 9.90. The number of rotatable bonds is 5. The molecule has 114 valence electrons. The van der Waals surface area contributed by atoms with Gasteiger partial charge in [0.05, 0.1) is 16.9 Å². The van der Waals surface area contributed by atoms with Crippen molar-refractivity contribution in [2.75, 3.05) is 0 Å². The van der Waals surface area contributed by atoms with Crippen molar-refractivity contribution in [3.05, 3.63) is 35.4 Å². The van der Waals surface area contributed by atoms with E-state index in [1.807, 2.05) is 19.9 Å². The van der Waals surface area contributed by atoms with Gasteiger partial charge in [0.25, 0.3) is 0 Å². The van der Waals surface area contributed by atoms with E-state index < -0.39 is 28.3 Å². The number of halogens is 3. The SMILES string of the molecule is CC(C)c1cccc([C@@H](CC(C)S(N)=O)C(F)(F)F)c1. The van der Waals surface area contributed by atoms with Gasteiger partial charge in [0, 0.05) is 5.25 Å². The van der Waals surface area contributed by atoms with Crippen LogP contribution >= 0.6 is 0 Å². The van der Waals surface area contributed by atoms with Gasteiger partial charge in [-0.3, -0.25) is 5.14 Å². The van der Waals surface area contributed by atoms with Crippen LogP contribution in [-0.2, 0) is 11.0 Å². The van der Waals surface area contributed by atoms with E-state index in [1.54, 1.807) is 12.1 Å². The van der Waals surface area contributed by atoms with Gasteiger partial charge in [0.2, 0.25) is 0 Å². The van der Waals surface area contributed by atoms with E-state index in [0.29, 0.717) is 0 Å². The average Bonchev–Trinajstić information content (AvgIpc) is 2.34. The predicted molar refractivity (Wildman–Crippen MR) is 75.7 cm³/mol. The standard InChI is InChI=1S/C14H20F3NOS/c1-9(2)11-5-4-6-12(8-11)13(14(15,16)17)7-10(3)20(18)19/h4-6,8-10,13H,7,18H2,1-3H3/t10?,13-,20?/m1/s1. The normalized spacial score (nSPS) is 17.0. The molecule has 1 aromatic rings. The third kappa shape index (κ3) is 4.59. The van der Waals surface area contributed by atoms with Gasteiger partial charge in [-0.1, -0.05) is 38.1 Å².